The van der Waals surface area contributed by atoms with Crippen molar-refractivity contribution in [2.75, 3.05) is 18.5 Å². The Morgan fingerprint density at radius 3 is 2.83 bits per heavy atom. The molecular weight excluding hydrogens is 302 g/mol. The van der Waals surface area contributed by atoms with Crippen LogP contribution in [-0.4, -0.2) is 39.2 Å². The summed E-state index contributed by atoms with van der Waals surface area (Å²) in [5, 5.41) is 21.8. The van der Waals surface area contributed by atoms with Gasteiger partial charge in [0.1, 0.15) is 6.07 Å². The third-order valence-corrected chi connectivity index (χ3v) is 4.45. The summed E-state index contributed by atoms with van der Waals surface area (Å²) in [5.74, 6) is 0.504. The van der Waals surface area contributed by atoms with Crippen molar-refractivity contribution >= 4 is 5.82 Å². The molecule has 1 fully saturated rings. The Kier molecular flexibility index (Phi) is 5.36. The van der Waals surface area contributed by atoms with Gasteiger partial charge in [0.15, 0.2) is 11.5 Å². The molecule has 1 aromatic heterocycles. The maximum absolute atomic E-state index is 9.49. The second-order valence-corrected chi connectivity index (χ2v) is 5.94. The minimum atomic E-state index is 0.214. The molecule has 0 amide bonds. The second kappa shape index (κ2) is 7.86. The first-order chi connectivity index (χ1) is 11.8. The Balaban J connectivity index is 1.71. The van der Waals surface area contributed by atoms with Gasteiger partial charge in [-0.05, 0) is 30.5 Å². The lowest BCUT2D eigenvalue weighted by Crippen LogP contribution is -2.32. The summed E-state index contributed by atoms with van der Waals surface area (Å²) in [6, 6.07) is 10.5. The van der Waals surface area contributed by atoms with E-state index in [4.69, 9.17) is 5.26 Å². The van der Waals surface area contributed by atoms with E-state index >= 15 is 0 Å². The molecule has 1 aromatic carbocycles. The first kappa shape index (κ1) is 16.4. The molecule has 3 rings (SSSR count). The van der Waals surface area contributed by atoms with Crippen LogP contribution in [0.15, 0.2) is 36.7 Å². The highest BCUT2D eigenvalue weighted by Gasteiger charge is 2.24. The van der Waals surface area contributed by atoms with E-state index in [1.165, 1.54) is 11.8 Å². The molecule has 0 aliphatic carbocycles. The summed E-state index contributed by atoms with van der Waals surface area (Å²) < 4.78 is 0. The quantitative estimate of drug-likeness (QED) is 0.845. The van der Waals surface area contributed by atoms with Crippen molar-refractivity contribution in [3.63, 3.8) is 0 Å². The lowest BCUT2D eigenvalue weighted by molar-refractivity contribution is 0.153. The highest BCUT2D eigenvalue weighted by atomic mass is 16.3. The van der Waals surface area contributed by atoms with E-state index < -0.39 is 0 Å². The number of rotatable bonds is 6. The van der Waals surface area contributed by atoms with Crippen molar-refractivity contribution in [1.29, 1.82) is 5.26 Å². The number of likely N-dealkylation sites (tertiary alicyclic amines) is 1. The van der Waals surface area contributed by atoms with Gasteiger partial charge < -0.3 is 10.4 Å². The van der Waals surface area contributed by atoms with E-state index in [9.17, 15) is 5.11 Å². The fourth-order valence-electron chi connectivity index (χ4n) is 3.14. The standard InChI is InChI=1S/C18H21N5O/c19-10-17-18(21-8-7-20-17)22-11-14-4-1-2-5-15(14)12-23-9-3-6-16(23)13-24/h1-2,4-5,7-8,16,24H,3,6,9,11-13H2,(H,21,22)/t16-/m1/s1. The van der Waals surface area contributed by atoms with Crippen LogP contribution in [0.2, 0.25) is 0 Å². The number of aliphatic hydroxyl groups is 1. The number of nitrogens with one attached hydrogen (secondary N) is 1. The van der Waals surface area contributed by atoms with Gasteiger partial charge in [-0.1, -0.05) is 24.3 Å². The van der Waals surface area contributed by atoms with Crippen LogP contribution in [0.4, 0.5) is 5.82 Å². The molecule has 0 saturated carbocycles. The van der Waals surface area contributed by atoms with Crippen LogP contribution < -0.4 is 5.32 Å². The first-order valence-electron chi connectivity index (χ1n) is 8.18. The monoisotopic (exact) mass is 323 g/mol. The van der Waals surface area contributed by atoms with Crippen LogP contribution in [0.3, 0.4) is 0 Å². The van der Waals surface area contributed by atoms with Crippen LogP contribution in [0.1, 0.15) is 29.7 Å². The van der Waals surface area contributed by atoms with Crippen molar-refractivity contribution in [2.45, 2.75) is 32.0 Å². The Bertz CT molecular complexity index is 727. The molecule has 0 bridgehead atoms. The number of hydrogen-bond acceptors (Lipinski definition) is 6. The molecule has 2 heterocycles. The van der Waals surface area contributed by atoms with Gasteiger partial charge in [0, 0.05) is 31.5 Å². The third-order valence-electron chi connectivity index (χ3n) is 4.45. The normalized spacial score (nSPS) is 17.6. The lowest BCUT2D eigenvalue weighted by Gasteiger charge is -2.24. The van der Waals surface area contributed by atoms with Crippen LogP contribution in [0, 0.1) is 11.3 Å². The van der Waals surface area contributed by atoms with E-state index in [-0.39, 0.29) is 12.6 Å². The van der Waals surface area contributed by atoms with Gasteiger partial charge in [-0.15, -0.1) is 0 Å². The SMILES string of the molecule is N#Cc1nccnc1NCc1ccccc1CN1CCC[C@@H]1CO. The minimum absolute atomic E-state index is 0.214. The molecule has 1 saturated heterocycles. The predicted octanol–water partition coefficient (Wildman–Crippen LogP) is 1.92. The van der Waals surface area contributed by atoms with E-state index in [0.29, 0.717) is 18.1 Å². The van der Waals surface area contributed by atoms with Gasteiger partial charge in [0.2, 0.25) is 0 Å². The number of anilines is 1. The number of hydrogen-bond donors (Lipinski definition) is 2. The zero-order chi connectivity index (χ0) is 16.8. The number of benzene rings is 1. The zero-order valence-corrected chi connectivity index (χ0v) is 13.5. The van der Waals surface area contributed by atoms with Crippen molar-refractivity contribution in [1.82, 2.24) is 14.9 Å². The van der Waals surface area contributed by atoms with Crippen LogP contribution in [0.5, 0.6) is 0 Å². The predicted molar refractivity (Wildman–Crippen MR) is 91.0 cm³/mol. The van der Waals surface area contributed by atoms with Gasteiger partial charge in [-0.2, -0.15) is 5.26 Å². The second-order valence-electron chi connectivity index (χ2n) is 5.94. The summed E-state index contributed by atoms with van der Waals surface area (Å²) >= 11 is 0. The van der Waals surface area contributed by atoms with Gasteiger partial charge in [0.05, 0.1) is 6.61 Å². The van der Waals surface area contributed by atoms with Crippen molar-refractivity contribution in [3.8, 4) is 6.07 Å². The maximum atomic E-state index is 9.49. The molecule has 124 valence electrons. The Labute approximate surface area is 141 Å². The molecule has 1 aliphatic heterocycles. The summed E-state index contributed by atoms with van der Waals surface area (Å²) in [6.45, 7) is 2.65. The van der Waals surface area contributed by atoms with Crippen molar-refractivity contribution < 1.29 is 5.11 Å². The van der Waals surface area contributed by atoms with Crippen LogP contribution >= 0.6 is 0 Å². The molecule has 0 unspecified atom stereocenters. The zero-order valence-electron chi connectivity index (χ0n) is 13.5. The van der Waals surface area contributed by atoms with E-state index in [1.807, 2.05) is 18.2 Å². The molecule has 2 N–H and O–H groups in total. The molecule has 24 heavy (non-hydrogen) atoms. The molecule has 0 radical (unpaired) electrons. The highest BCUT2D eigenvalue weighted by molar-refractivity contribution is 5.47. The summed E-state index contributed by atoms with van der Waals surface area (Å²) in [7, 11) is 0. The summed E-state index contributed by atoms with van der Waals surface area (Å²) in [6.07, 6.45) is 5.28. The largest absolute Gasteiger partial charge is 0.395 e. The molecule has 6 nitrogen and oxygen atoms in total. The maximum Gasteiger partial charge on any atom is 0.182 e. The number of nitriles is 1. The van der Waals surface area contributed by atoms with E-state index in [0.717, 1.165) is 31.5 Å². The average Bonchev–Trinajstić information content (AvgIpc) is 3.08. The van der Waals surface area contributed by atoms with Crippen molar-refractivity contribution in [3.05, 3.63) is 53.5 Å². The van der Waals surface area contributed by atoms with Crippen molar-refractivity contribution in [2.24, 2.45) is 0 Å². The van der Waals surface area contributed by atoms with Crippen LogP contribution in [0.25, 0.3) is 0 Å². The third kappa shape index (κ3) is 3.70. The fourth-order valence-corrected chi connectivity index (χ4v) is 3.14. The minimum Gasteiger partial charge on any atom is -0.395 e. The topological polar surface area (TPSA) is 85.1 Å². The Morgan fingerprint density at radius 1 is 1.25 bits per heavy atom. The van der Waals surface area contributed by atoms with E-state index in [1.54, 1.807) is 6.20 Å². The average molecular weight is 323 g/mol. The van der Waals surface area contributed by atoms with Crippen LogP contribution in [-0.2, 0) is 13.1 Å². The molecule has 1 atom stereocenters. The molecule has 2 aromatic rings. The number of aromatic nitrogens is 2. The Morgan fingerprint density at radius 2 is 2.04 bits per heavy atom. The highest BCUT2D eigenvalue weighted by Crippen LogP contribution is 2.22. The molecular formula is C18H21N5O. The smallest absolute Gasteiger partial charge is 0.182 e. The van der Waals surface area contributed by atoms with Gasteiger partial charge in [-0.25, -0.2) is 9.97 Å². The molecule has 1 aliphatic rings. The number of nitrogens with zero attached hydrogens (tertiary/aromatic N) is 4. The van der Waals surface area contributed by atoms with E-state index in [2.05, 4.69) is 32.3 Å². The Hall–Kier alpha value is -2.49. The van der Waals surface area contributed by atoms with Gasteiger partial charge in [-0.3, -0.25) is 4.90 Å². The number of aliphatic hydroxyl groups excluding tert-OH is 1. The van der Waals surface area contributed by atoms with Gasteiger partial charge in [0.25, 0.3) is 0 Å². The fraction of sp³-hybridized carbons (Fsp3) is 0.389. The summed E-state index contributed by atoms with van der Waals surface area (Å²) in [5.41, 5.74) is 2.69. The first-order valence-corrected chi connectivity index (χ1v) is 8.18. The molecule has 6 heteroatoms. The summed E-state index contributed by atoms with van der Waals surface area (Å²) in [4.78, 5) is 10.5. The molecule has 0 spiro atoms. The van der Waals surface area contributed by atoms with Gasteiger partial charge >= 0.3 is 0 Å². The lowest BCUT2D eigenvalue weighted by atomic mass is 10.1.